The Morgan fingerprint density at radius 2 is 1.38 bits per heavy atom. The second-order valence-corrected chi connectivity index (χ2v) is 7.22. The highest BCUT2D eigenvalue weighted by Crippen LogP contribution is 2.31. The number of hydrogen-bond donors (Lipinski definition) is 2. The van der Waals surface area contributed by atoms with Gasteiger partial charge in [0.05, 0.1) is 11.4 Å². The molecule has 0 radical (unpaired) electrons. The van der Waals surface area contributed by atoms with Gasteiger partial charge in [-0.2, -0.15) is 0 Å². The van der Waals surface area contributed by atoms with Crippen molar-refractivity contribution in [2.75, 3.05) is 0 Å². The van der Waals surface area contributed by atoms with Crippen LogP contribution in [0.3, 0.4) is 0 Å². The number of aromatic nitrogens is 2. The molecule has 3 N–H and O–H groups in total. The molecule has 4 aromatic rings. The van der Waals surface area contributed by atoms with Gasteiger partial charge in [0.25, 0.3) is 0 Å². The Morgan fingerprint density at radius 1 is 0.828 bits per heavy atom. The van der Waals surface area contributed by atoms with Crippen molar-refractivity contribution in [3.05, 3.63) is 101 Å². The molecule has 0 fully saturated rings. The summed E-state index contributed by atoms with van der Waals surface area (Å²) >= 11 is 5.95. The van der Waals surface area contributed by atoms with Crippen LogP contribution in [0, 0.1) is 11.6 Å². The van der Waals surface area contributed by atoms with Crippen molar-refractivity contribution in [1.82, 2.24) is 9.97 Å². The third-order valence-electron chi connectivity index (χ3n) is 4.71. The molecule has 0 aliphatic rings. The molecule has 4 rings (SSSR count). The Bertz CT molecular complexity index is 1040. The number of H-pyrrole nitrogens is 1. The Kier molecular flexibility index (Phi) is 5.43. The van der Waals surface area contributed by atoms with Crippen molar-refractivity contribution in [3.8, 4) is 22.5 Å². The molecule has 0 bridgehead atoms. The quantitative estimate of drug-likeness (QED) is 0.430. The highest BCUT2D eigenvalue weighted by molar-refractivity contribution is 6.30. The summed E-state index contributed by atoms with van der Waals surface area (Å²) in [6.45, 7) is 0. The van der Waals surface area contributed by atoms with Crippen molar-refractivity contribution in [1.29, 1.82) is 0 Å². The number of nitrogens with one attached hydrogen (secondary N) is 1. The van der Waals surface area contributed by atoms with Crippen molar-refractivity contribution in [3.63, 3.8) is 0 Å². The molecule has 1 atom stereocenters. The summed E-state index contributed by atoms with van der Waals surface area (Å²) in [7, 11) is 0. The van der Waals surface area contributed by atoms with E-state index in [2.05, 4.69) is 4.98 Å². The number of nitrogens with zero attached hydrogens (tertiary/aromatic N) is 1. The topological polar surface area (TPSA) is 54.7 Å². The first kappa shape index (κ1) is 19.3. The second-order valence-electron chi connectivity index (χ2n) is 6.78. The predicted octanol–water partition coefficient (Wildman–Crippen LogP) is 5.92. The van der Waals surface area contributed by atoms with Crippen LogP contribution in [0.1, 0.15) is 17.4 Å². The first-order chi connectivity index (χ1) is 14.0. The van der Waals surface area contributed by atoms with Gasteiger partial charge in [0.15, 0.2) is 0 Å². The van der Waals surface area contributed by atoms with Gasteiger partial charge in [0.2, 0.25) is 0 Å². The van der Waals surface area contributed by atoms with Gasteiger partial charge in [-0.25, -0.2) is 13.8 Å². The van der Waals surface area contributed by atoms with Crippen molar-refractivity contribution >= 4 is 11.6 Å². The molecular formula is C23H18ClF2N3. The lowest BCUT2D eigenvalue weighted by atomic mass is 10.0. The maximum atomic E-state index is 13.4. The molecule has 3 nitrogen and oxygen atoms in total. The summed E-state index contributed by atoms with van der Waals surface area (Å²) < 4.78 is 26.7. The molecule has 1 aromatic heterocycles. The molecule has 1 heterocycles. The first-order valence-electron chi connectivity index (χ1n) is 9.11. The van der Waals surface area contributed by atoms with Crippen LogP contribution in [0.2, 0.25) is 5.02 Å². The van der Waals surface area contributed by atoms with E-state index < -0.39 is 0 Å². The third kappa shape index (κ3) is 4.36. The number of halogens is 3. The van der Waals surface area contributed by atoms with E-state index in [0.29, 0.717) is 23.0 Å². The molecule has 0 aliphatic heterocycles. The Hall–Kier alpha value is -3.02. The third-order valence-corrected chi connectivity index (χ3v) is 4.97. The zero-order valence-corrected chi connectivity index (χ0v) is 16.1. The fourth-order valence-electron chi connectivity index (χ4n) is 3.20. The number of benzene rings is 3. The first-order valence-corrected chi connectivity index (χ1v) is 9.49. The molecule has 0 aliphatic carbocycles. The molecule has 3 aromatic carbocycles. The van der Waals surface area contributed by atoms with Crippen LogP contribution >= 0.6 is 11.6 Å². The van der Waals surface area contributed by atoms with Crippen molar-refractivity contribution in [2.45, 2.75) is 12.5 Å². The Balaban J connectivity index is 1.71. The van der Waals surface area contributed by atoms with Crippen LogP contribution in [0.25, 0.3) is 22.5 Å². The zero-order valence-electron chi connectivity index (χ0n) is 15.4. The number of imidazole rings is 1. The van der Waals surface area contributed by atoms with E-state index in [9.17, 15) is 8.78 Å². The Morgan fingerprint density at radius 3 is 1.97 bits per heavy atom. The Labute approximate surface area is 172 Å². The van der Waals surface area contributed by atoms with E-state index >= 15 is 0 Å². The van der Waals surface area contributed by atoms with Crippen LogP contribution in [-0.2, 0) is 6.42 Å². The minimum absolute atomic E-state index is 0.277. The summed E-state index contributed by atoms with van der Waals surface area (Å²) in [5.41, 5.74) is 10.2. The lowest BCUT2D eigenvalue weighted by Crippen LogP contribution is -2.14. The molecule has 1 unspecified atom stereocenters. The van der Waals surface area contributed by atoms with Crippen molar-refractivity contribution < 1.29 is 8.78 Å². The van der Waals surface area contributed by atoms with Gasteiger partial charge in [0.1, 0.15) is 17.5 Å². The lowest BCUT2D eigenvalue weighted by molar-refractivity contribution is 0.627. The molecule has 0 spiro atoms. The number of nitrogens with two attached hydrogens (primary N) is 1. The molecule has 0 amide bonds. The molecule has 6 heteroatoms. The minimum Gasteiger partial charge on any atom is -0.341 e. The molecular weight excluding hydrogens is 392 g/mol. The summed E-state index contributed by atoms with van der Waals surface area (Å²) in [6.07, 6.45) is 0.469. The highest BCUT2D eigenvalue weighted by atomic mass is 35.5. The number of rotatable bonds is 5. The lowest BCUT2D eigenvalue weighted by Gasteiger charge is -2.10. The van der Waals surface area contributed by atoms with Crippen LogP contribution < -0.4 is 5.73 Å². The van der Waals surface area contributed by atoms with Crippen LogP contribution in [0.5, 0.6) is 0 Å². The second kappa shape index (κ2) is 8.15. The molecule has 0 saturated heterocycles. The number of aromatic amines is 1. The summed E-state index contributed by atoms with van der Waals surface area (Å²) in [5.74, 6) is 0.0466. The van der Waals surface area contributed by atoms with Crippen LogP contribution in [-0.4, -0.2) is 9.97 Å². The standard InChI is InChI=1S/C23H18ClF2N3/c24-17-7-1-14(2-8-17)20(27)13-21-28-22(15-3-9-18(25)10-4-15)23(29-21)16-5-11-19(26)12-6-16/h1-12,20H,13,27H2,(H,28,29). The predicted molar refractivity (Wildman–Crippen MR) is 111 cm³/mol. The van der Waals surface area contributed by atoms with E-state index in [-0.39, 0.29) is 17.7 Å². The summed E-state index contributed by atoms with van der Waals surface area (Å²) in [6, 6.07) is 19.3. The van der Waals surface area contributed by atoms with Crippen molar-refractivity contribution in [2.24, 2.45) is 5.73 Å². The van der Waals surface area contributed by atoms with Gasteiger partial charge in [-0.3, -0.25) is 0 Å². The van der Waals surface area contributed by atoms with Gasteiger partial charge < -0.3 is 10.7 Å². The van der Waals surface area contributed by atoms with E-state index in [1.54, 1.807) is 36.4 Å². The van der Waals surface area contributed by atoms with E-state index in [4.69, 9.17) is 22.3 Å². The van der Waals surface area contributed by atoms with E-state index in [1.165, 1.54) is 24.3 Å². The van der Waals surface area contributed by atoms with E-state index in [1.807, 2.05) is 12.1 Å². The molecule has 146 valence electrons. The van der Waals surface area contributed by atoms with Gasteiger partial charge in [-0.15, -0.1) is 0 Å². The largest absolute Gasteiger partial charge is 0.341 e. The average molecular weight is 410 g/mol. The SMILES string of the molecule is NC(Cc1nc(-c2ccc(F)cc2)c(-c2ccc(F)cc2)[nH]1)c1ccc(Cl)cc1. The van der Waals surface area contributed by atoms with Gasteiger partial charge >= 0.3 is 0 Å². The summed E-state index contributed by atoms with van der Waals surface area (Å²) in [4.78, 5) is 8.02. The maximum absolute atomic E-state index is 13.4. The molecule has 0 saturated carbocycles. The fourth-order valence-corrected chi connectivity index (χ4v) is 3.32. The monoisotopic (exact) mass is 409 g/mol. The molecule has 29 heavy (non-hydrogen) atoms. The zero-order chi connectivity index (χ0) is 20.4. The minimum atomic E-state index is -0.322. The normalized spacial score (nSPS) is 12.1. The average Bonchev–Trinajstić information content (AvgIpc) is 3.13. The number of hydrogen-bond acceptors (Lipinski definition) is 2. The van der Waals surface area contributed by atoms with Gasteiger partial charge in [-0.1, -0.05) is 23.7 Å². The van der Waals surface area contributed by atoms with Gasteiger partial charge in [-0.05, 0) is 66.2 Å². The summed E-state index contributed by atoms with van der Waals surface area (Å²) in [5, 5.41) is 0.649. The highest BCUT2D eigenvalue weighted by Gasteiger charge is 2.17. The smallest absolute Gasteiger partial charge is 0.123 e. The van der Waals surface area contributed by atoms with Gasteiger partial charge in [0, 0.05) is 28.6 Å². The van der Waals surface area contributed by atoms with E-state index in [0.717, 1.165) is 22.4 Å². The fraction of sp³-hybridized carbons (Fsp3) is 0.0870. The van der Waals surface area contributed by atoms with Crippen LogP contribution in [0.15, 0.2) is 72.8 Å². The maximum Gasteiger partial charge on any atom is 0.123 e. The van der Waals surface area contributed by atoms with Crippen LogP contribution in [0.4, 0.5) is 8.78 Å².